The molecule has 0 aliphatic rings. The molecular weight excluding hydrogens is 382 g/mol. The number of hydrogen-bond acceptors (Lipinski definition) is 6. The molecule has 3 rings (SSSR count). The summed E-state index contributed by atoms with van der Waals surface area (Å²) in [7, 11) is 1.73. The van der Waals surface area contributed by atoms with Crippen molar-refractivity contribution in [2.24, 2.45) is 0 Å². The minimum atomic E-state index is -0.579. The van der Waals surface area contributed by atoms with Crippen LogP contribution in [-0.2, 0) is 17.8 Å². The third kappa shape index (κ3) is 6.07. The molecule has 0 spiro atoms. The van der Waals surface area contributed by atoms with Crippen molar-refractivity contribution in [2.45, 2.75) is 39.9 Å². The fourth-order valence-electron chi connectivity index (χ4n) is 3.05. The monoisotopic (exact) mass is 409 g/mol. The minimum Gasteiger partial charge on any atom is -0.484 e. The molecule has 0 saturated carbocycles. The topological polar surface area (TPSA) is 77.7 Å². The van der Waals surface area contributed by atoms with E-state index in [1.807, 2.05) is 56.3 Å². The fraction of sp³-hybridized carbons (Fsp3) is 0.348. The smallest absolute Gasteiger partial charge is 0.264 e. The second-order valence-electron chi connectivity index (χ2n) is 7.30. The van der Waals surface area contributed by atoms with Crippen LogP contribution >= 0.6 is 0 Å². The molecule has 0 fully saturated rings. The zero-order valence-electron chi connectivity index (χ0n) is 17.8. The van der Waals surface area contributed by atoms with Gasteiger partial charge >= 0.3 is 0 Å². The first-order chi connectivity index (χ1) is 14.4. The van der Waals surface area contributed by atoms with E-state index in [9.17, 15) is 4.79 Å². The molecule has 3 aromatic rings. The maximum Gasteiger partial charge on any atom is 0.264 e. The van der Waals surface area contributed by atoms with Crippen LogP contribution in [0.1, 0.15) is 29.8 Å². The molecule has 30 heavy (non-hydrogen) atoms. The molecule has 1 amide bonds. The number of aromatic nitrogens is 2. The largest absolute Gasteiger partial charge is 0.484 e. The van der Waals surface area contributed by atoms with Gasteiger partial charge in [0.25, 0.3) is 11.8 Å². The number of benzene rings is 2. The van der Waals surface area contributed by atoms with Crippen LogP contribution in [0.4, 0.5) is 0 Å². The zero-order chi connectivity index (χ0) is 21.5. The minimum absolute atomic E-state index is 0.110. The van der Waals surface area contributed by atoms with Gasteiger partial charge in [-0.2, -0.15) is 4.98 Å². The van der Waals surface area contributed by atoms with E-state index in [1.165, 1.54) is 0 Å². The number of carbonyl (C=O) groups excluding carboxylic acids is 1. The Morgan fingerprint density at radius 1 is 1.10 bits per heavy atom. The van der Waals surface area contributed by atoms with Crippen molar-refractivity contribution in [3.05, 3.63) is 71.4 Å². The third-order valence-electron chi connectivity index (χ3n) is 4.52. The number of ether oxygens (including phenoxy) is 2. The SMILES string of the molecule is Cc1cc(C)cc(OCc2nc(CCN(C)C(=O)C(C)Oc3ccccc3)no2)c1. The molecule has 0 aliphatic carbocycles. The maximum atomic E-state index is 12.5. The van der Waals surface area contributed by atoms with Gasteiger partial charge in [0.05, 0.1) is 0 Å². The van der Waals surface area contributed by atoms with Gasteiger partial charge in [-0.25, -0.2) is 0 Å². The lowest BCUT2D eigenvalue weighted by Gasteiger charge is -2.21. The first-order valence-corrected chi connectivity index (χ1v) is 9.90. The number of para-hydroxylation sites is 1. The van der Waals surface area contributed by atoms with Gasteiger partial charge in [-0.3, -0.25) is 4.79 Å². The zero-order valence-corrected chi connectivity index (χ0v) is 17.8. The van der Waals surface area contributed by atoms with E-state index in [0.29, 0.717) is 30.4 Å². The molecule has 1 unspecified atom stereocenters. The van der Waals surface area contributed by atoms with Gasteiger partial charge in [0.2, 0.25) is 0 Å². The first kappa shape index (κ1) is 21.4. The molecule has 0 aliphatic heterocycles. The molecule has 0 N–H and O–H groups in total. The molecular formula is C23H27N3O4. The Hall–Kier alpha value is -3.35. The molecule has 2 aromatic carbocycles. The second-order valence-corrected chi connectivity index (χ2v) is 7.30. The lowest BCUT2D eigenvalue weighted by molar-refractivity contribution is -0.136. The van der Waals surface area contributed by atoms with Crippen molar-refractivity contribution in [3.8, 4) is 11.5 Å². The van der Waals surface area contributed by atoms with Gasteiger partial charge in [0.1, 0.15) is 11.5 Å². The van der Waals surface area contributed by atoms with Gasteiger partial charge in [-0.1, -0.05) is 29.4 Å². The highest BCUT2D eigenvalue weighted by Gasteiger charge is 2.19. The Bertz CT molecular complexity index is 951. The lowest BCUT2D eigenvalue weighted by Crippen LogP contribution is -2.39. The van der Waals surface area contributed by atoms with Crippen LogP contribution < -0.4 is 9.47 Å². The summed E-state index contributed by atoms with van der Waals surface area (Å²) in [5.41, 5.74) is 2.27. The summed E-state index contributed by atoms with van der Waals surface area (Å²) in [4.78, 5) is 18.5. The predicted molar refractivity (Wildman–Crippen MR) is 112 cm³/mol. The summed E-state index contributed by atoms with van der Waals surface area (Å²) in [6, 6.07) is 15.3. The molecule has 1 atom stereocenters. The fourth-order valence-corrected chi connectivity index (χ4v) is 3.05. The number of amides is 1. The predicted octanol–water partition coefficient (Wildman–Crippen LogP) is 3.73. The second kappa shape index (κ2) is 9.91. The Balaban J connectivity index is 1.46. The normalized spacial score (nSPS) is 11.7. The number of carbonyl (C=O) groups is 1. The van der Waals surface area contributed by atoms with Crippen molar-refractivity contribution >= 4 is 5.91 Å². The van der Waals surface area contributed by atoms with Crippen molar-refractivity contribution in [3.63, 3.8) is 0 Å². The van der Waals surface area contributed by atoms with E-state index < -0.39 is 6.10 Å². The third-order valence-corrected chi connectivity index (χ3v) is 4.52. The summed E-state index contributed by atoms with van der Waals surface area (Å²) < 4.78 is 16.7. The van der Waals surface area contributed by atoms with Gasteiger partial charge in [-0.05, 0) is 56.2 Å². The molecule has 0 radical (unpaired) electrons. The summed E-state index contributed by atoms with van der Waals surface area (Å²) >= 11 is 0. The van der Waals surface area contributed by atoms with Crippen LogP contribution in [0.25, 0.3) is 0 Å². The van der Waals surface area contributed by atoms with E-state index in [0.717, 1.165) is 16.9 Å². The Labute approximate surface area is 176 Å². The summed E-state index contributed by atoms with van der Waals surface area (Å²) in [6.07, 6.45) is -0.0997. The molecule has 1 aromatic heterocycles. The molecule has 158 valence electrons. The van der Waals surface area contributed by atoms with Crippen molar-refractivity contribution in [1.29, 1.82) is 0 Å². The average molecular weight is 409 g/mol. The first-order valence-electron chi connectivity index (χ1n) is 9.90. The highest BCUT2D eigenvalue weighted by Crippen LogP contribution is 2.17. The van der Waals surface area contributed by atoms with Crippen LogP contribution in [0, 0.1) is 13.8 Å². The van der Waals surface area contributed by atoms with Gasteiger partial charge < -0.3 is 18.9 Å². The quantitative estimate of drug-likeness (QED) is 0.536. The lowest BCUT2D eigenvalue weighted by atomic mass is 10.1. The standard InChI is InChI=1S/C23H27N3O4/c1-16-12-17(2)14-20(13-16)28-15-22-24-21(25-30-22)10-11-26(4)23(27)18(3)29-19-8-6-5-7-9-19/h5-9,12-14,18H,10-11,15H2,1-4H3. The Morgan fingerprint density at radius 3 is 2.50 bits per heavy atom. The highest BCUT2D eigenvalue weighted by molar-refractivity contribution is 5.80. The van der Waals surface area contributed by atoms with Gasteiger partial charge in [-0.15, -0.1) is 0 Å². The van der Waals surface area contributed by atoms with E-state index in [1.54, 1.807) is 18.9 Å². The van der Waals surface area contributed by atoms with Crippen molar-refractivity contribution in [1.82, 2.24) is 15.0 Å². The van der Waals surface area contributed by atoms with Crippen LogP contribution in [0.2, 0.25) is 0 Å². The highest BCUT2D eigenvalue weighted by atomic mass is 16.5. The molecule has 7 heteroatoms. The molecule has 1 heterocycles. The molecule has 7 nitrogen and oxygen atoms in total. The average Bonchev–Trinajstić information content (AvgIpc) is 3.18. The molecule has 0 bridgehead atoms. The number of nitrogens with zero attached hydrogens (tertiary/aromatic N) is 3. The van der Waals surface area contributed by atoms with Gasteiger partial charge in [0.15, 0.2) is 18.5 Å². The summed E-state index contributed by atoms with van der Waals surface area (Å²) in [6.45, 7) is 6.44. The van der Waals surface area contributed by atoms with Crippen molar-refractivity contribution < 1.29 is 18.8 Å². The van der Waals surface area contributed by atoms with Crippen LogP contribution in [-0.4, -0.2) is 40.6 Å². The number of hydrogen-bond donors (Lipinski definition) is 0. The van der Waals surface area contributed by atoms with E-state index in [2.05, 4.69) is 16.2 Å². The van der Waals surface area contributed by atoms with Gasteiger partial charge in [0, 0.05) is 20.0 Å². The van der Waals surface area contributed by atoms with Crippen molar-refractivity contribution in [2.75, 3.05) is 13.6 Å². The number of likely N-dealkylation sites (N-methyl/N-ethyl adjacent to an activating group) is 1. The maximum absolute atomic E-state index is 12.5. The Kier molecular flexibility index (Phi) is 7.06. The van der Waals surface area contributed by atoms with Crippen LogP contribution in [0.3, 0.4) is 0 Å². The number of rotatable bonds is 9. The van der Waals surface area contributed by atoms with E-state index in [4.69, 9.17) is 14.0 Å². The summed E-state index contributed by atoms with van der Waals surface area (Å²) in [5.74, 6) is 2.26. The summed E-state index contributed by atoms with van der Waals surface area (Å²) in [5, 5.41) is 3.97. The van der Waals surface area contributed by atoms with Crippen LogP contribution in [0.15, 0.2) is 53.1 Å². The Morgan fingerprint density at radius 2 is 1.80 bits per heavy atom. The van der Waals surface area contributed by atoms with E-state index in [-0.39, 0.29) is 12.5 Å². The molecule has 0 saturated heterocycles. The van der Waals surface area contributed by atoms with Crippen LogP contribution in [0.5, 0.6) is 11.5 Å². The number of aryl methyl sites for hydroxylation is 2. The van der Waals surface area contributed by atoms with E-state index >= 15 is 0 Å².